The van der Waals surface area contributed by atoms with E-state index < -0.39 is 0 Å². The average Bonchev–Trinajstić information content (AvgIpc) is 2.35. The molecule has 0 aliphatic rings. The molecule has 1 atom stereocenters. The molecular weight excluding hydrogens is 194 g/mol. The lowest BCUT2D eigenvalue weighted by molar-refractivity contribution is 0.234. The Morgan fingerprint density at radius 2 is 1.88 bits per heavy atom. The normalized spacial score (nSPS) is 12.0. The Bertz CT molecular complexity index is 345. The smallest absolute Gasteiger partial charge is 0.0714 e. The first-order valence-corrected chi connectivity index (χ1v) is 6.02. The molecule has 0 saturated carbocycles. The number of benzene rings is 1. The van der Waals surface area contributed by atoms with Gasteiger partial charge in [0, 0.05) is 6.54 Å². The maximum atomic E-state index is 3.28. The SMILES string of the molecule is CC#CC(CC)N(CC)Cc1ccccc1. The molecule has 1 rings (SSSR count). The third-order valence-corrected chi connectivity index (χ3v) is 2.77. The lowest BCUT2D eigenvalue weighted by Crippen LogP contribution is -2.33. The van der Waals surface area contributed by atoms with E-state index in [1.54, 1.807) is 0 Å². The summed E-state index contributed by atoms with van der Waals surface area (Å²) in [7, 11) is 0. The largest absolute Gasteiger partial charge is 0.286 e. The molecule has 0 fully saturated rings. The van der Waals surface area contributed by atoms with E-state index in [0.29, 0.717) is 6.04 Å². The molecule has 1 aromatic carbocycles. The van der Waals surface area contributed by atoms with Crippen LogP contribution in [0.2, 0.25) is 0 Å². The molecule has 0 bridgehead atoms. The summed E-state index contributed by atoms with van der Waals surface area (Å²) >= 11 is 0. The Morgan fingerprint density at radius 1 is 1.19 bits per heavy atom. The quantitative estimate of drug-likeness (QED) is 0.681. The summed E-state index contributed by atoms with van der Waals surface area (Å²) in [4.78, 5) is 2.42. The van der Waals surface area contributed by atoms with E-state index in [4.69, 9.17) is 0 Å². The summed E-state index contributed by atoms with van der Waals surface area (Å²) in [6.07, 6.45) is 1.08. The third-order valence-electron chi connectivity index (χ3n) is 2.77. The van der Waals surface area contributed by atoms with Gasteiger partial charge in [-0.3, -0.25) is 4.90 Å². The van der Waals surface area contributed by atoms with Crippen molar-refractivity contribution >= 4 is 0 Å². The van der Waals surface area contributed by atoms with E-state index in [2.05, 4.69) is 60.9 Å². The third kappa shape index (κ3) is 3.72. The minimum atomic E-state index is 0.384. The predicted octanol–water partition coefficient (Wildman–Crippen LogP) is 3.31. The van der Waals surface area contributed by atoms with Crippen molar-refractivity contribution in [2.24, 2.45) is 0 Å². The van der Waals surface area contributed by atoms with Gasteiger partial charge in [-0.1, -0.05) is 50.1 Å². The van der Waals surface area contributed by atoms with Gasteiger partial charge in [0.15, 0.2) is 0 Å². The van der Waals surface area contributed by atoms with Crippen molar-refractivity contribution in [1.29, 1.82) is 0 Å². The average molecular weight is 215 g/mol. The lowest BCUT2D eigenvalue weighted by Gasteiger charge is -2.26. The molecule has 0 radical (unpaired) electrons. The maximum absolute atomic E-state index is 3.28. The van der Waals surface area contributed by atoms with Crippen LogP contribution in [0.15, 0.2) is 30.3 Å². The van der Waals surface area contributed by atoms with Gasteiger partial charge in [0.25, 0.3) is 0 Å². The van der Waals surface area contributed by atoms with Crippen LogP contribution in [0.5, 0.6) is 0 Å². The molecule has 0 heterocycles. The van der Waals surface area contributed by atoms with Gasteiger partial charge in [0.2, 0.25) is 0 Å². The van der Waals surface area contributed by atoms with Crippen molar-refractivity contribution in [3.05, 3.63) is 35.9 Å². The molecule has 0 aliphatic carbocycles. The maximum Gasteiger partial charge on any atom is 0.0714 e. The summed E-state index contributed by atoms with van der Waals surface area (Å²) in [5.41, 5.74) is 1.36. The van der Waals surface area contributed by atoms with Crippen molar-refractivity contribution < 1.29 is 0 Å². The highest BCUT2D eigenvalue weighted by Gasteiger charge is 2.12. The van der Waals surface area contributed by atoms with Crippen LogP contribution in [0.1, 0.15) is 32.8 Å². The van der Waals surface area contributed by atoms with Crippen LogP contribution in [0.4, 0.5) is 0 Å². The zero-order valence-corrected chi connectivity index (χ0v) is 10.5. The Kier molecular flexibility index (Phi) is 5.67. The zero-order chi connectivity index (χ0) is 11.8. The van der Waals surface area contributed by atoms with E-state index in [-0.39, 0.29) is 0 Å². The molecule has 86 valence electrons. The van der Waals surface area contributed by atoms with Crippen LogP contribution < -0.4 is 0 Å². The molecule has 1 aromatic rings. The molecule has 1 unspecified atom stereocenters. The number of hydrogen-bond donors (Lipinski definition) is 0. The molecule has 0 aliphatic heterocycles. The first kappa shape index (κ1) is 12.8. The fraction of sp³-hybridized carbons (Fsp3) is 0.467. The molecule has 1 nitrogen and oxygen atoms in total. The lowest BCUT2D eigenvalue weighted by atomic mass is 10.1. The minimum absolute atomic E-state index is 0.384. The number of rotatable bonds is 5. The molecule has 16 heavy (non-hydrogen) atoms. The van der Waals surface area contributed by atoms with Gasteiger partial charge in [0.1, 0.15) is 0 Å². The van der Waals surface area contributed by atoms with Crippen LogP contribution >= 0.6 is 0 Å². The van der Waals surface area contributed by atoms with Gasteiger partial charge < -0.3 is 0 Å². The van der Waals surface area contributed by atoms with Crippen molar-refractivity contribution in [2.75, 3.05) is 6.54 Å². The number of nitrogens with zero attached hydrogens (tertiary/aromatic N) is 1. The Balaban J connectivity index is 2.70. The van der Waals surface area contributed by atoms with Gasteiger partial charge in [-0.2, -0.15) is 0 Å². The topological polar surface area (TPSA) is 3.24 Å². The summed E-state index contributed by atoms with van der Waals surface area (Å²) in [5.74, 6) is 6.31. The van der Waals surface area contributed by atoms with E-state index in [1.165, 1.54) is 5.56 Å². The fourth-order valence-electron chi connectivity index (χ4n) is 1.88. The molecule has 0 spiro atoms. The van der Waals surface area contributed by atoms with Gasteiger partial charge in [0.05, 0.1) is 6.04 Å². The van der Waals surface area contributed by atoms with E-state index in [1.807, 2.05) is 6.92 Å². The van der Waals surface area contributed by atoms with Gasteiger partial charge >= 0.3 is 0 Å². The summed E-state index contributed by atoms with van der Waals surface area (Å²) < 4.78 is 0. The first-order valence-electron chi connectivity index (χ1n) is 6.02. The predicted molar refractivity (Wildman–Crippen MR) is 70.1 cm³/mol. The zero-order valence-electron chi connectivity index (χ0n) is 10.5. The summed E-state index contributed by atoms with van der Waals surface area (Å²) in [6.45, 7) is 8.34. The van der Waals surface area contributed by atoms with Gasteiger partial charge in [-0.05, 0) is 25.5 Å². The highest BCUT2D eigenvalue weighted by atomic mass is 15.1. The molecular formula is C15H21N. The van der Waals surface area contributed by atoms with Crippen LogP contribution in [-0.4, -0.2) is 17.5 Å². The van der Waals surface area contributed by atoms with Gasteiger partial charge in [-0.15, -0.1) is 5.92 Å². The summed E-state index contributed by atoms with van der Waals surface area (Å²) in [6, 6.07) is 11.0. The Morgan fingerprint density at radius 3 is 2.38 bits per heavy atom. The monoisotopic (exact) mass is 215 g/mol. The van der Waals surface area contributed by atoms with Crippen molar-refractivity contribution in [1.82, 2.24) is 4.90 Å². The minimum Gasteiger partial charge on any atom is -0.286 e. The fourth-order valence-corrected chi connectivity index (χ4v) is 1.88. The second-order valence-electron chi connectivity index (χ2n) is 3.87. The van der Waals surface area contributed by atoms with Crippen molar-refractivity contribution in [3.63, 3.8) is 0 Å². The standard InChI is InChI=1S/C15H21N/c1-4-10-15(5-2)16(6-3)13-14-11-8-7-9-12-14/h7-9,11-12,15H,5-6,13H2,1-3H3. The molecule has 0 aromatic heterocycles. The van der Waals surface area contributed by atoms with Crippen LogP contribution in [0.3, 0.4) is 0 Å². The molecule has 0 saturated heterocycles. The second kappa shape index (κ2) is 7.09. The van der Waals surface area contributed by atoms with Crippen LogP contribution in [-0.2, 0) is 6.54 Å². The van der Waals surface area contributed by atoms with Crippen molar-refractivity contribution in [2.45, 2.75) is 39.8 Å². The van der Waals surface area contributed by atoms with E-state index in [9.17, 15) is 0 Å². The Hall–Kier alpha value is -1.26. The van der Waals surface area contributed by atoms with E-state index >= 15 is 0 Å². The highest BCUT2D eigenvalue weighted by molar-refractivity contribution is 5.15. The van der Waals surface area contributed by atoms with Crippen LogP contribution in [0.25, 0.3) is 0 Å². The summed E-state index contributed by atoms with van der Waals surface area (Å²) in [5, 5.41) is 0. The Labute approximate surface area is 99.5 Å². The van der Waals surface area contributed by atoms with Crippen LogP contribution in [0, 0.1) is 11.8 Å². The van der Waals surface area contributed by atoms with E-state index in [0.717, 1.165) is 19.5 Å². The molecule has 0 amide bonds. The molecule has 1 heteroatoms. The highest BCUT2D eigenvalue weighted by Crippen LogP contribution is 2.09. The first-order chi connectivity index (χ1) is 7.81. The van der Waals surface area contributed by atoms with Gasteiger partial charge in [-0.25, -0.2) is 0 Å². The second-order valence-corrected chi connectivity index (χ2v) is 3.87. The number of hydrogen-bond acceptors (Lipinski definition) is 1. The molecule has 0 N–H and O–H groups in total. The van der Waals surface area contributed by atoms with Crippen molar-refractivity contribution in [3.8, 4) is 11.8 Å².